The molecule has 158 valence electrons. The lowest BCUT2D eigenvalue weighted by atomic mass is 10.2. The SMILES string of the molecule is O=C(COc1ccc(C=c2sc3nc4ccccc4n3c2=O)cc1)Nc1ccc(F)cc1. The van der Waals surface area contributed by atoms with Crippen molar-refractivity contribution in [3.05, 3.63) is 99.1 Å². The fraction of sp³-hybridized carbons (Fsp3) is 0.0417. The molecule has 3 aromatic carbocycles. The van der Waals surface area contributed by atoms with Crippen molar-refractivity contribution < 1.29 is 13.9 Å². The summed E-state index contributed by atoms with van der Waals surface area (Å²) in [4.78, 5) is 30.0. The zero-order valence-electron chi connectivity index (χ0n) is 16.6. The van der Waals surface area contributed by atoms with Crippen molar-refractivity contribution >= 4 is 45.0 Å². The van der Waals surface area contributed by atoms with Gasteiger partial charge in [-0.25, -0.2) is 13.8 Å². The number of rotatable bonds is 5. The second-order valence-corrected chi connectivity index (χ2v) is 8.06. The van der Waals surface area contributed by atoms with Crippen LogP contribution in [-0.4, -0.2) is 21.9 Å². The molecule has 5 rings (SSSR count). The third kappa shape index (κ3) is 3.95. The second-order valence-electron chi connectivity index (χ2n) is 7.05. The van der Waals surface area contributed by atoms with Gasteiger partial charge in [0.15, 0.2) is 11.6 Å². The topological polar surface area (TPSA) is 72.7 Å². The number of para-hydroxylation sites is 2. The number of hydrogen-bond donors (Lipinski definition) is 1. The summed E-state index contributed by atoms with van der Waals surface area (Å²) in [7, 11) is 0. The number of fused-ring (bicyclic) bond motifs is 3. The molecule has 0 bridgehead atoms. The molecule has 0 saturated heterocycles. The molecule has 1 amide bonds. The molecule has 5 aromatic rings. The second kappa shape index (κ2) is 8.24. The maximum atomic E-state index is 12.9. The van der Waals surface area contributed by atoms with Crippen LogP contribution in [0.2, 0.25) is 0 Å². The average Bonchev–Trinajstić information content (AvgIpc) is 3.31. The van der Waals surface area contributed by atoms with E-state index >= 15 is 0 Å². The monoisotopic (exact) mass is 445 g/mol. The predicted molar refractivity (Wildman–Crippen MR) is 123 cm³/mol. The quantitative estimate of drug-likeness (QED) is 0.449. The number of amides is 1. The summed E-state index contributed by atoms with van der Waals surface area (Å²) < 4.78 is 20.6. The minimum absolute atomic E-state index is 0.100. The van der Waals surface area contributed by atoms with Crippen LogP contribution in [0.4, 0.5) is 10.1 Å². The highest BCUT2D eigenvalue weighted by atomic mass is 32.1. The summed E-state index contributed by atoms with van der Waals surface area (Å²) >= 11 is 1.34. The van der Waals surface area contributed by atoms with Crippen LogP contribution >= 0.6 is 11.3 Å². The minimum atomic E-state index is -0.370. The Morgan fingerprint density at radius 3 is 2.59 bits per heavy atom. The van der Waals surface area contributed by atoms with Crippen LogP contribution in [-0.2, 0) is 4.79 Å². The van der Waals surface area contributed by atoms with Crippen molar-refractivity contribution in [2.75, 3.05) is 11.9 Å². The first kappa shape index (κ1) is 19.9. The Kier molecular flexibility index (Phi) is 5.12. The molecule has 0 atom stereocenters. The van der Waals surface area contributed by atoms with Crippen LogP contribution in [0.25, 0.3) is 22.1 Å². The summed E-state index contributed by atoms with van der Waals surface area (Å²) in [5.74, 6) is -0.201. The highest BCUT2D eigenvalue weighted by Gasteiger charge is 2.10. The number of ether oxygens (including phenoxy) is 1. The summed E-state index contributed by atoms with van der Waals surface area (Å²) in [6.07, 6.45) is 1.81. The Labute approximate surface area is 185 Å². The normalized spacial score (nSPS) is 11.8. The van der Waals surface area contributed by atoms with Gasteiger partial charge in [-0.1, -0.05) is 35.6 Å². The first-order valence-electron chi connectivity index (χ1n) is 9.77. The van der Waals surface area contributed by atoms with E-state index < -0.39 is 0 Å². The number of anilines is 1. The number of imidazole rings is 1. The van der Waals surface area contributed by atoms with Gasteiger partial charge in [-0.3, -0.25) is 9.59 Å². The summed E-state index contributed by atoms with van der Waals surface area (Å²) in [5, 5.41) is 2.63. The third-order valence-electron chi connectivity index (χ3n) is 4.82. The van der Waals surface area contributed by atoms with Crippen LogP contribution in [0.15, 0.2) is 77.6 Å². The summed E-state index contributed by atoms with van der Waals surface area (Å²) in [6.45, 7) is -0.180. The smallest absolute Gasteiger partial charge is 0.274 e. The van der Waals surface area contributed by atoms with Gasteiger partial charge in [0, 0.05) is 5.69 Å². The Bertz CT molecular complexity index is 1540. The number of halogens is 1. The van der Waals surface area contributed by atoms with Crippen LogP contribution in [0.5, 0.6) is 5.75 Å². The van der Waals surface area contributed by atoms with E-state index in [4.69, 9.17) is 4.74 Å². The molecular formula is C24H16FN3O3S. The van der Waals surface area contributed by atoms with E-state index in [1.807, 2.05) is 42.5 Å². The number of nitrogens with zero attached hydrogens (tertiary/aromatic N) is 2. The lowest BCUT2D eigenvalue weighted by molar-refractivity contribution is -0.118. The molecule has 0 aliphatic heterocycles. The number of hydrogen-bond acceptors (Lipinski definition) is 5. The van der Waals surface area contributed by atoms with Gasteiger partial charge in [-0.15, -0.1) is 0 Å². The van der Waals surface area contributed by atoms with Crippen molar-refractivity contribution in [3.63, 3.8) is 0 Å². The van der Waals surface area contributed by atoms with Gasteiger partial charge < -0.3 is 10.1 Å². The molecule has 1 N–H and O–H groups in total. The largest absolute Gasteiger partial charge is 0.484 e. The van der Waals surface area contributed by atoms with E-state index in [0.29, 0.717) is 20.9 Å². The zero-order valence-corrected chi connectivity index (χ0v) is 17.4. The molecule has 0 spiro atoms. The predicted octanol–water partition coefficient (Wildman–Crippen LogP) is 3.61. The molecule has 6 nitrogen and oxygen atoms in total. The van der Waals surface area contributed by atoms with Crippen LogP contribution < -0.4 is 20.1 Å². The van der Waals surface area contributed by atoms with Crippen LogP contribution in [0.3, 0.4) is 0 Å². The molecule has 0 saturated carbocycles. The van der Waals surface area contributed by atoms with Crippen molar-refractivity contribution in [1.82, 2.24) is 9.38 Å². The summed E-state index contributed by atoms with van der Waals surface area (Å²) in [6, 6.07) is 20.1. The number of benzene rings is 3. The molecule has 0 radical (unpaired) electrons. The fourth-order valence-corrected chi connectivity index (χ4v) is 4.29. The van der Waals surface area contributed by atoms with Gasteiger partial charge in [0.25, 0.3) is 11.5 Å². The van der Waals surface area contributed by atoms with E-state index in [9.17, 15) is 14.0 Å². The van der Waals surface area contributed by atoms with Gasteiger partial charge in [0.05, 0.1) is 15.6 Å². The Hall–Kier alpha value is -4.04. The summed E-state index contributed by atoms with van der Waals surface area (Å²) in [5.41, 5.74) is 2.82. The van der Waals surface area contributed by atoms with Gasteiger partial charge in [0.2, 0.25) is 0 Å². The van der Waals surface area contributed by atoms with E-state index in [1.165, 1.54) is 35.6 Å². The number of nitrogens with one attached hydrogen (secondary N) is 1. The van der Waals surface area contributed by atoms with E-state index in [0.717, 1.165) is 16.6 Å². The van der Waals surface area contributed by atoms with E-state index in [1.54, 1.807) is 16.5 Å². The molecule has 0 unspecified atom stereocenters. The van der Waals surface area contributed by atoms with Crippen LogP contribution in [0, 0.1) is 5.82 Å². The Morgan fingerprint density at radius 2 is 1.81 bits per heavy atom. The average molecular weight is 445 g/mol. The fourth-order valence-electron chi connectivity index (χ4n) is 3.30. The molecule has 8 heteroatoms. The third-order valence-corrected chi connectivity index (χ3v) is 5.79. The van der Waals surface area contributed by atoms with E-state index in [-0.39, 0.29) is 23.9 Å². The standard InChI is InChI=1S/C24H16FN3O3S/c25-16-7-9-17(10-8-16)26-22(29)14-31-18-11-5-15(6-12-18)13-21-23(30)28-20-4-2-1-3-19(20)27-24(28)32-21/h1-13H,14H2,(H,26,29). The number of carbonyl (C=O) groups excluding carboxylic acids is 1. The number of aromatic nitrogens is 2. The first-order chi connectivity index (χ1) is 15.6. The van der Waals surface area contributed by atoms with E-state index in [2.05, 4.69) is 10.3 Å². The maximum Gasteiger partial charge on any atom is 0.274 e. The Morgan fingerprint density at radius 1 is 1.06 bits per heavy atom. The van der Waals surface area contributed by atoms with Crippen LogP contribution in [0.1, 0.15) is 5.56 Å². The first-order valence-corrected chi connectivity index (χ1v) is 10.6. The van der Waals surface area contributed by atoms with Gasteiger partial charge >= 0.3 is 0 Å². The molecule has 0 aliphatic rings. The van der Waals surface area contributed by atoms with Crippen molar-refractivity contribution in [1.29, 1.82) is 0 Å². The maximum absolute atomic E-state index is 12.9. The number of thiazole rings is 1. The molecule has 2 heterocycles. The molecule has 2 aromatic heterocycles. The highest BCUT2D eigenvalue weighted by Crippen LogP contribution is 2.17. The van der Waals surface area contributed by atoms with Gasteiger partial charge in [-0.2, -0.15) is 0 Å². The zero-order chi connectivity index (χ0) is 22.1. The molecule has 0 aliphatic carbocycles. The molecule has 0 fully saturated rings. The van der Waals surface area contributed by atoms with Crippen molar-refractivity contribution in [2.45, 2.75) is 0 Å². The Balaban J connectivity index is 1.29. The molecule has 32 heavy (non-hydrogen) atoms. The molecular weight excluding hydrogens is 429 g/mol. The van der Waals surface area contributed by atoms with Crippen molar-refractivity contribution in [2.24, 2.45) is 0 Å². The number of carbonyl (C=O) groups is 1. The highest BCUT2D eigenvalue weighted by molar-refractivity contribution is 7.15. The van der Waals surface area contributed by atoms with Crippen molar-refractivity contribution in [3.8, 4) is 5.75 Å². The van der Waals surface area contributed by atoms with Gasteiger partial charge in [0.1, 0.15) is 11.6 Å². The minimum Gasteiger partial charge on any atom is -0.484 e. The lowest BCUT2D eigenvalue weighted by Crippen LogP contribution is -2.22. The van der Waals surface area contributed by atoms with Gasteiger partial charge in [-0.05, 0) is 60.2 Å². The lowest BCUT2D eigenvalue weighted by Gasteiger charge is -2.07.